The third-order valence-corrected chi connectivity index (χ3v) is 5.50. The molecule has 3 heteroatoms. The van der Waals surface area contributed by atoms with Crippen LogP contribution in [-0.2, 0) is 6.42 Å². The number of nitrogens with zero attached hydrogens (tertiary/aromatic N) is 1. The van der Waals surface area contributed by atoms with Crippen molar-refractivity contribution in [3.05, 3.63) is 29.3 Å². The van der Waals surface area contributed by atoms with Crippen molar-refractivity contribution in [3.63, 3.8) is 0 Å². The summed E-state index contributed by atoms with van der Waals surface area (Å²) in [4.78, 5) is 2.64. The molecular formula is C18H28N2O. The second kappa shape index (κ2) is 5.98. The van der Waals surface area contributed by atoms with E-state index in [4.69, 9.17) is 10.5 Å². The van der Waals surface area contributed by atoms with Gasteiger partial charge < -0.3 is 10.5 Å². The van der Waals surface area contributed by atoms with Gasteiger partial charge in [-0.1, -0.05) is 19.9 Å². The molecule has 0 radical (unpaired) electrons. The number of benzene rings is 1. The maximum atomic E-state index is 6.62. The number of ether oxygens (including phenoxy) is 1. The highest BCUT2D eigenvalue weighted by Gasteiger charge is 2.36. The molecular weight excluding hydrogens is 260 g/mol. The van der Waals surface area contributed by atoms with Gasteiger partial charge in [-0.2, -0.15) is 0 Å². The van der Waals surface area contributed by atoms with Crippen LogP contribution in [0.2, 0.25) is 0 Å². The molecule has 1 aromatic rings. The first-order chi connectivity index (χ1) is 10.1. The number of rotatable bonds is 3. The lowest BCUT2D eigenvalue weighted by molar-refractivity contribution is 0.179. The summed E-state index contributed by atoms with van der Waals surface area (Å²) in [7, 11) is 1.72. The van der Waals surface area contributed by atoms with Gasteiger partial charge >= 0.3 is 0 Å². The first-order valence-electron chi connectivity index (χ1n) is 8.26. The average molecular weight is 288 g/mol. The lowest BCUT2D eigenvalue weighted by Gasteiger charge is -2.37. The Hall–Kier alpha value is -1.06. The number of fused-ring (bicyclic) bond motifs is 1. The van der Waals surface area contributed by atoms with Crippen molar-refractivity contribution < 1.29 is 4.74 Å². The summed E-state index contributed by atoms with van der Waals surface area (Å²) in [6, 6.07) is 6.99. The summed E-state index contributed by atoms with van der Waals surface area (Å²) in [6.45, 7) is 7.11. The van der Waals surface area contributed by atoms with Crippen molar-refractivity contribution in [1.29, 1.82) is 0 Å². The van der Waals surface area contributed by atoms with Gasteiger partial charge in [-0.3, -0.25) is 4.90 Å². The predicted molar refractivity (Wildman–Crippen MR) is 86.5 cm³/mol. The van der Waals surface area contributed by atoms with Crippen LogP contribution in [0, 0.1) is 11.8 Å². The summed E-state index contributed by atoms with van der Waals surface area (Å²) in [6.07, 6.45) is 3.65. The molecule has 3 atom stereocenters. The molecule has 0 aromatic heterocycles. The average Bonchev–Trinajstić information content (AvgIpc) is 2.97. The van der Waals surface area contributed by atoms with Crippen LogP contribution in [0.1, 0.15) is 43.9 Å². The van der Waals surface area contributed by atoms with E-state index in [1.165, 1.54) is 37.1 Å². The van der Waals surface area contributed by atoms with E-state index in [1.54, 1.807) is 7.11 Å². The molecule has 0 amide bonds. The van der Waals surface area contributed by atoms with Gasteiger partial charge in [-0.15, -0.1) is 0 Å². The largest absolute Gasteiger partial charge is 0.497 e. The first kappa shape index (κ1) is 14.9. The van der Waals surface area contributed by atoms with E-state index in [9.17, 15) is 0 Å². The van der Waals surface area contributed by atoms with Crippen LogP contribution in [0.25, 0.3) is 0 Å². The van der Waals surface area contributed by atoms with Crippen LogP contribution in [0.3, 0.4) is 0 Å². The lowest BCUT2D eigenvalue weighted by Crippen LogP contribution is -2.44. The molecule has 2 N–H and O–H groups in total. The van der Waals surface area contributed by atoms with Crippen LogP contribution < -0.4 is 10.5 Å². The first-order valence-corrected chi connectivity index (χ1v) is 8.26. The summed E-state index contributed by atoms with van der Waals surface area (Å²) in [5.74, 6) is 2.54. The SMILES string of the molecule is COc1ccc2c(c1)C(N)C(N1CCC(C(C)C)C1)CC2. The molecule has 3 rings (SSSR count). The predicted octanol–water partition coefficient (Wildman–Crippen LogP) is 2.99. The van der Waals surface area contributed by atoms with Crippen molar-refractivity contribution in [2.24, 2.45) is 17.6 Å². The minimum Gasteiger partial charge on any atom is -0.497 e. The Morgan fingerprint density at radius 3 is 2.76 bits per heavy atom. The normalized spacial score (nSPS) is 29.7. The zero-order chi connectivity index (χ0) is 15.0. The molecule has 1 aliphatic carbocycles. The third kappa shape index (κ3) is 2.82. The highest BCUT2D eigenvalue weighted by atomic mass is 16.5. The van der Waals surface area contributed by atoms with E-state index in [0.717, 1.165) is 24.0 Å². The Morgan fingerprint density at radius 2 is 2.10 bits per heavy atom. The fourth-order valence-electron chi connectivity index (χ4n) is 4.00. The van der Waals surface area contributed by atoms with Crippen molar-refractivity contribution in [2.45, 2.75) is 45.2 Å². The number of likely N-dealkylation sites (tertiary alicyclic amines) is 1. The molecule has 1 aromatic carbocycles. The Balaban J connectivity index is 1.77. The number of aryl methyl sites for hydroxylation is 1. The van der Waals surface area contributed by atoms with Crippen LogP contribution in [0.5, 0.6) is 5.75 Å². The molecule has 1 heterocycles. The number of methoxy groups -OCH3 is 1. The zero-order valence-corrected chi connectivity index (χ0v) is 13.5. The fourth-order valence-corrected chi connectivity index (χ4v) is 4.00. The van der Waals surface area contributed by atoms with E-state index in [2.05, 4.69) is 36.9 Å². The van der Waals surface area contributed by atoms with Crippen molar-refractivity contribution in [1.82, 2.24) is 4.90 Å². The van der Waals surface area contributed by atoms with Crippen LogP contribution >= 0.6 is 0 Å². The third-order valence-electron chi connectivity index (χ3n) is 5.50. The van der Waals surface area contributed by atoms with E-state index < -0.39 is 0 Å². The summed E-state index contributed by atoms with van der Waals surface area (Å²) in [5.41, 5.74) is 9.31. The molecule has 3 unspecified atom stereocenters. The second-order valence-electron chi connectivity index (χ2n) is 6.98. The highest BCUT2D eigenvalue weighted by molar-refractivity contribution is 5.40. The minimum absolute atomic E-state index is 0.120. The Bertz CT molecular complexity index is 500. The standard InChI is InChI=1S/C18H28N2O/c1-12(2)14-8-9-20(11-14)17-7-5-13-4-6-15(21-3)10-16(13)18(17)19/h4,6,10,12,14,17-18H,5,7-9,11,19H2,1-3H3. The molecule has 3 nitrogen and oxygen atoms in total. The summed E-state index contributed by atoms with van der Waals surface area (Å²) < 4.78 is 5.37. The zero-order valence-electron chi connectivity index (χ0n) is 13.5. The van der Waals surface area contributed by atoms with Crippen molar-refractivity contribution >= 4 is 0 Å². The monoisotopic (exact) mass is 288 g/mol. The quantitative estimate of drug-likeness (QED) is 0.929. The van der Waals surface area contributed by atoms with Gasteiger partial charge in [0.1, 0.15) is 5.75 Å². The van der Waals surface area contributed by atoms with Crippen LogP contribution in [-0.4, -0.2) is 31.1 Å². The van der Waals surface area contributed by atoms with Crippen LogP contribution in [0.15, 0.2) is 18.2 Å². The van der Waals surface area contributed by atoms with Gasteiger partial charge in [-0.05, 0) is 60.9 Å². The Kier molecular flexibility index (Phi) is 4.23. The van der Waals surface area contributed by atoms with Gasteiger partial charge in [0, 0.05) is 18.6 Å². The number of nitrogens with two attached hydrogens (primary N) is 1. The Morgan fingerprint density at radius 1 is 1.29 bits per heavy atom. The molecule has 1 aliphatic heterocycles. The number of hydrogen-bond acceptors (Lipinski definition) is 3. The molecule has 21 heavy (non-hydrogen) atoms. The topological polar surface area (TPSA) is 38.5 Å². The number of hydrogen-bond donors (Lipinski definition) is 1. The van der Waals surface area contributed by atoms with E-state index in [1.807, 2.05) is 0 Å². The molecule has 1 fully saturated rings. The van der Waals surface area contributed by atoms with Gasteiger partial charge in [0.25, 0.3) is 0 Å². The molecule has 0 saturated carbocycles. The van der Waals surface area contributed by atoms with E-state index >= 15 is 0 Å². The van der Waals surface area contributed by atoms with Crippen molar-refractivity contribution in [3.8, 4) is 5.75 Å². The van der Waals surface area contributed by atoms with Crippen molar-refractivity contribution in [2.75, 3.05) is 20.2 Å². The minimum atomic E-state index is 0.120. The van der Waals surface area contributed by atoms with Gasteiger partial charge in [-0.25, -0.2) is 0 Å². The summed E-state index contributed by atoms with van der Waals surface area (Å²) >= 11 is 0. The van der Waals surface area contributed by atoms with Crippen LogP contribution in [0.4, 0.5) is 0 Å². The molecule has 2 aliphatic rings. The Labute approximate surface area is 128 Å². The lowest BCUT2D eigenvalue weighted by atomic mass is 9.83. The molecule has 1 saturated heterocycles. The second-order valence-corrected chi connectivity index (χ2v) is 6.98. The maximum absolute atomic E-state index is 6.62. The maximum Gasteiger partial charge on any atom is 0.119 e. The highest BCUT2D eigenvalue weighted by Crippen LogP contribution is 2.36. The molecule has 116 valence electrons. The fraction of sp³-hybridized carbons (Fsp3) is 0.667. The summed E-state index contributed by atoms with van der Waals surface area (Å²) in [5, 5.41) is 0. The van der Waals surface area contributed by atoms with Gasteiger partial charge in [0.2, 0.25) is 0 Å². The van der Waals surface area contributed by atoms with Gasteiger partial charge in [0.15, 0.2) is 0 Å². The van der Waals surface area contributed by atoms with E-state index in [-0.39, 0.29) is 6.04 Å². The molecule has 0 spiro atoms. The van der Waals surface area contributed by atoms with Gasteiger partial charge in [0.05, 0.1) is 7.11 Å². The smallest absolute Gasteiger partial charge is 0.119 e. The van der Waals surface area contributed by atoms with E-state index in [0.29, 0.717) is 6.04 Å². The molecule has 0 bridgehead atoms.